The lowest BCUT2D eigenvalue weighted by atomic mass is 9.94. The number of piperazine rings is 1. The number of nitrogens with zero attached hydrogens (tertiary/aromatic N) is 2. The van der Waals surface area contributed by atoms with E-state index in [4.69, 9.17) is 16.3 Å². The molecule has 1 N–H and O–H groups in total. The van der Waals surface area contributed by atoms with Crippen LogP contribution in [0.1, 0.15) is 25.0 Å². The lowest BCUT2D eigenvalue weighted by Gasteiger charge is -2.46. The van der Waals surface area contributed by atoms with E-state index < -0.39 is 27.4 Å². The third-order valence-electron chi connectivity index (χ3n) is 5.83. The number of methoxy groups -OCH3 is 1. The van der Waals surface area contributed by atoms with Gasteiger partial charge in [-0.25, -0.2) is 8.42 Å². The molecular weight excluding hydrogens is 466 g/mol. The highest BCUT2D eigenvalue weighted by Crippen LogP contribution is 2.28. The van der Waals surface area contributed by atoms with Crippen molar-refractivity contribution < 1.29 is 22.7 Å². The van der Waals surface area contributed by atoms with Crippen molar-refractivity contribution in [1.29, 1.82) is 0 Å². The Morgan fingerprint density at radius 1 is 1.18 bits per heavy atom. The van der Waals surface area contributed by atoms with Crippen LogP contribution in [0.5, 0.6) is 5.75 Å². The van der Waals surface area contributed by atoms with E-state index in [2.05, 4.69) is 5.32 Å². The number of carbonyl (C=O) groups is 2. The number of para-hydroxylation sites is 1. The van der Waals surface area contributed by atoms with Crippen molar-refractivity contribution in [2.75, 3.05) is 26.0 Å². The minimum atomic E-state index is -3.67. The van der Waals surface area contributed by atoms with Crippen molar-refractivity contribution in [3.63, 3.8) is 0 Å². The van der Waals surface area contributed by atoms with E-state index in [9.17, 15) is 18.0 Å². The van der Waals surface area contributed by atoms with Crippen molar-refractivity contribution in [2.45, 2.75) is 32.5 Å². The van der Waals surface area contributed by atoms with E-state index in [1.54, 1.807) is 44.4 Å². The molecule has 1 fully saturated rings. The maximum atomic E-state index is 13.5. The molecule has 0 spiro atoms. The molecule has 2 aromatic rings. The van der Waals surface area contributed by atoms with Crippen LogP contribution in [-0.4, -0.2) is 60.9 Å². The van der Waals surface area contributed by atoms with Crippen LogP contribution in [0.4, 0.5) is 0 Å². The van der Waals surface area contributed by atoms with Crippen LogP contribution >= 0.6 is 11.6 Å². The van der Waals surface area contributed by atoms with Crippen LogP contribution < -0.4 is 10.1 Å². The molecule has 1 saturated heterocycles. The molecule has 3 rings (SSSR count). The van der Waals surface area contributed by atoms with Crippen molar-refractivity contribution in [2.24, 2.45) is 0 Å². The summed E-state index contributed by atoms with van der Waals surface area (Å²) in [4.78, 5) is 28.0. The molecule has 8 nitrogen and oxygen atoms in total. The first-order valence-electron chi connectivity index (χ1n) is 10.5. The molecule has 0 saturated carbocycles. The lowest BCUT2D eigenvalue weighted by molar-refractivity contribution is -0.153. The van der Waals surface area contributed by atoms with E-state index in [1.807, 2.05) is 18.2 Å². The Labute approximate surface area is 199 Å². The number of halogens is 1. The first kappa shape index (κ1) is 25.0. The Balaban J connectivity index is 1.91. The number of rotatable bonds is 8. The van der Waals surface area contributed by atoms with Gasteiger partial charge in [-0.3, -0.25) is 9.59 Å². The molecule has 0 aliphatic carbocycles. The number of nitrogens with one attached hydrogen (secondary N) is 1. The Hall–Kier alpha value is -2.62. The number of benzene rings is 2. The zero-order valence-corrected chi connectivity index (χ0v) is 20.4. The summed E-state index contributed by atoms with van der Waals surface area (Å²) < 4.78 is 31.6. The summed E-state index contributed by atoms with van der Waals surface area (Å²) in [5, 5.41) is 3.42. The van der Waals surface area contributed by atoms with E-state index in [-0.39, 0.29) is 31.9 Å². The predicted molar refractivity (Wildman–Crippen MR) is 126 cm³/mol. The van der Waals surface area contributed by atoms with Gasteiger partial charge < -0.3 is 15.0 Å². The second-order valence-electron chi connectivity index (χ2n) is 8.04. The average molecular weight is 494 g/mol. The van der Waals surface area contributed by atoms with Crippen LogP contribution in [0.3, 0.4) is 0 Å². The standard InChI is InChI=1S/C23H28ClN3O5S/c1-4-33(30,31)26-15-21(28)27(14-17-9-11-19(24)12-10-17)23(2,16-26)22(29)25-13-18-7-5-6-8-20(18)32-3/h5-12H,4,13-16H2,1-3H3,(H,25,29). The number of hydrogen-bond donors (Lipinski definition) is 1. The first-order valence-corrected chi connectivity index (χ1v) is 12.5. The van der Waals surface area contributed by atoms with Crippen molar-refractivity contribution in [3.8, 4) is 5.75 Å². The van der Waals surface area contributed by atoms with Crippen LogP contribution in [0.15, 0.2) is 48.5 Å². The number of amides is 2. The summed E-state index contributed by atoms with van der Waals surface area (Å²) in [5.41, 5.74) is 0.129. The highest BCUT2D eigenvalue weighted by atomic mass is 35.5. The maximum Gasteiger partial charge on any atom is 0.247 e. The molecule has 0 aromatic heterocycles. The van der Waals surface area contributed by atoms with Gasteiger partial charge in [-0.2, -0.15) is 4.31 Å². The summed E-state index contributed by atoms with van der Waals surface area (Å²) in [6.07, 6.45) is 0. The Kier molecular flexibility index (Phi) is 7.66. The largest absolute Gasteiger partial charge is 0.496 e. The zero-order valence-electron chi connectivity index (χ0n) is 18.9. The SMILES string of the molecule is CCS(=O)(=O)N1CC(=O)N(Cc2ccc(Cl)cc2)C(C)(C(=O)NCc2ccccc2OC)C1. The molecule has 1 unspecified atom stereocenters. The molecule has 0 radical (unpaired) electrons. The van der Waals surface area contributed by atoms with E-state index in [0.717, 1.165) is 15.4 Å². The van der Waals surface area contributed by atoms with Crippen LogP contribution in [0.25, 0.3) is 0 Å². The lowest BCUT2D eigenvalue weighted by Crippen LogP contribution is -2.69. The van der Waals surface area contributed by atoms with Gasteiger partial charge in [-0.1, -0.05) is 41.9 Å². The van der Waals surface area contributed by atoms with Crippen molar-refractivity contribution >= 4 is 33.4 Å². The third kappa shape index (κ3) is 5.48. The fourth-order valence-corrected chi connectivity index (χ4v) is 5.07. The molecule has 2 aromatic carbocycles. The molecule has 178 valence electrons. The minimum absolute atomic E-state index is 0.139. The fraction of sp³-hybridized carbons (Fsp3) is 0.391. The Bertz CT molecular complexity index is 1120. The summed E-state index contributed by atoms with van der Waals surface area (Å²) in [6, 6.07) is 14.2. The molecule has 1 heterocycles. The van der Waals surface area contributed by atoms with Crippen LogP contribution in [-0.2, 0) is 32.7 Å². The molecule has 33 heavy (non-hydrogen) atoms. The quantitative estimate of drug-likeness (QED) is 0.609. The smallest absolute Gasteiger partial charge is 0.247 e. The van der Waals surface area contributed by atoms with Gasteiger partial charge in [0.05, 0.1) is 19.4 Å². The number of sulfonamides is 1. The highest BCUT2D eigenvalue weighted by Gasteiger charge is 2.49. The van der Waals surface area contributed by atoms with Gasteiger partial charge in [0.1, 0.15) is 11.3 Å². The first-order chi connectivity index (χ1) is 15.6. The number of hydrogen-bond acceptors (Lipinski definition) is 5. The summed E-state index contributed by atoms with van der Waals surface area (Å²) in [7, 11) is -2.13. The maximum absolute atomic E-state index is 13.5. The highest BCUT2D eigenvalue weighted by molar-refractivity contribution is 7.89. The number of carbonyl (C=O) groups excluding carboxylic acids is 2. The van der Waals surface area contributed by atoms with Gasteiger partial charge in [0.2, 0.25) is 21.8 Å². The topological polar surface area (TPSA) is 96.0 Å². The Morgan fingerprint density at radius 3 is 2.48 bits per heavy atom. The minimum Gasteiger partial charge on any atom is -0.496 e. The molecule has 1 atom stereocenters. The van der Waals surface area contributed by atoms with Crippen molar-refractivity contribution in [3.05, 3.63) is 64.7 Å². The number of ether oxygens (including phenoxy) is 1. The van der Waals surface area contributed by atoms with E-state index >= 15 is 0 Å². The molecule has 0 bridgehead atoms. The predicted octanol–water partition coefficient (Wildman–Crippen LogP) is 2.42. The summed E-state index contributed by atoms with van der Waals surface area (Å²) in [5.74, 6) is -0.429. The van der Waals surface area contributed by atoms with Gasteiger partial charge in [-0.05, 0) is 37.6 Å². The summed E-state index contributed by atoms with van der Waals surface area (Å²) in [6.45, 7) is 2.98. The molecule has 1 aliphatic heterocycles. The molecule has 2 amide bonds. The second kappa shape index (κ2) is 10.1. The summed E-state index contributed by atoms with van der Waals surface area (Å²) >= 11 is 5.97. The van der Waals surface area contributed by atoms with E-state index in [1.165, 1.54) is 11.8 Å². The zero-order chi connectivity index (χ0) is 24.2. The van der Waals surface area contributed by atoms with Gasteiger partial charge in [0.15, 0.2) is 0 Å². The molecule has 10 heteroatoms. The molecular formula is C23H28ClN3O5S. The van der Waals surface area contributed by atoms with Gasteiger partial charge in [0.25, 0.3) is 0 Å². The average Bonchev–Trinajstić information content (AvgIpc) is 2.81. The Morgan fingerprint density at radius 2 is 1.85 bits per heavy atom. The van der Waals surface area contributed by atoms with Gasteiger partial charge in [-0.15, -0.1) is 0 Å². The fourth-order valence-electron chi connectivity index (χ4n) is 3.82. The van der Waals surface area contributed by atoms with Crippen molar-refractivity contribution in [1.82, 2.24) is 14.5 Å². The second-order valence-corrected chi connectivity index (χ2v) is 10.7. The third-order valence-corrected chi connectivity index (χ3v) is 7.85. The molecule has 1 aliphatic rings. The van der Waals surface area contributed by atoms with Crippen LogP contribution in [0.2, 0.25) is 5.02 Å². The monoisotopic (exact) mass is 493 g/mol. The van der Waals surface area contributed by atoms with E-state index in [0.29, 0.717) is 10.8 Å². The van der Waals surface area contributed by atoms with Crippen LogP contribution in [0, 0.1) is 0 Å². The van der Waals surface area contributed by atoms with Gasteiger partial charge >= 0.3 is 0 Å². The normalized spacial score (nSPS) is 19.4. The van der Waals surface area contributed by atoms with Gasteiger partial charge in [0, 0.05) is 30.2 Å².